The number of hydrogen-bond donors (Lipinski definition) is 3. The Labute approximate surface area is 85.6 Å². The van der Waals surface area contributed by atoms with E-state index in [9.17, 15) is 4.79 Å². The van der Waals surface area contributed by atoms with Crippen molar-refractivity contribution in [2.24, 2.45) is 5.73 Å². The van der Waals surface area contributed by atoms with Crippen molar-refractivity contribution in [3.8, 4) is 0 Å². The monoisotopic (exact) mass is 199 g/mol. The van der Waals surface area contributed by atoms with E-state index in [1.54, 1.807) is 0 Å². The summed E-state index contributed by atoms with van der Waals surface area (Å²) in [6, 6.07) is -0.130. The Hall–Kier alpha value is -0.770. The zero-order valence-corrected chi connectivity index (χ0v) is 9.31. The zero-order valence-electron chi connectivity index (χ0n) is 9.31. The van der Waals surface area contributed by atoms with E-state index < -0.39 is 0 Å². The van der Waals surface area contributed by atoms with Crippen LogP contribution in [0.3, 0.4) is 0 Å². The summed E-state index contributed by atoms with van der Waals surface area (Å²) in [5.74, 6) is 0. The van der Waals surface area contributed by atoms with Crippen molar-refractivity contribution in [1.82, 2.24) is 10.6 Å². The zero-order chi connectivity index (χ0) is 10.8. The van der Waals surface area contributed by atoms with Gasteiger partial charge in [0.25, 0.3) is 0 Å². The molecule has 0 aromatic rings. The summed E-state index contributed by atoms with van der Waals surface area (Å²) in [5.41, 5.74) is 5.64. The summed E-state index contributed by atoms with van der Waals surface area (Å²) in [6.45, 7) is 6.44. The molecule has 0 spiro atoms. The highest BCUT2D eigenvalue weighted by molar-refractivity contribution is 5.74. The minimum Gasteiger partial charge on any atom is -0.336 e. The number of nitrogens with two attached hydrogens (primary N) is 1. The maximum Gasteiger partial charge on any atom is 0.315 e. The molecule has 0 aromatic carbocycles. The van der Waals surface area contributed by atoms with Gasteiger partial charge in [-0.25, -0.2) is 4.79 Å². The Kier molecular flexibility index (Phi) is 3.04. The molecule has 0 bridgehead atoms. The molecule has 0 saturated heterocycles. The third kappa shape index (κ3) is 3.54. The van der Waals surface area contributed by atoms with Gasteiger partial charge >= 0.3 is 6.03 Å². The molecule has 1 rings (SSSR count). The molecule has 1 aliphatic rings. The third-order valence-corrected chi connectivity index (χ3v) is 2.44. The van der Waals surface area contributed by atoms with E-state index in [4.69, 9.17) is 5.73 Å². The second-order valence-electron chi connectivity index (χ2n) is 5.27. The number of rotatable bonds is 2. The normalized spacial score (nSPS) is 19.7. The van der Waals surface area contributed by atoms with E-state index in [0.717, 1.165) is 12.8 Å². The maximum absolute atomic E-state index is 11.4. The summed E-state index contributed by atoms with van der Waals surface area (Å²) < 4.78 is 0. The predicted octanol–water partition coefficient (Wildman–Crippen LogP) is 0.965. The Balaban J connectivity index is 2.21. The predicted molar refractivity (Wildman–Crippen MR) is 57.1 cm³/mol. The first-order valence-electron chi connectivity index (χ1n) is 5.16. The molecule has 0 atom stereocenters. The van der Waals surface area contributed by atoms with Crippen molar-refractivity contribution in [2.75, 3.05) is 6.54 Å². The number of amides is 2. The molecule has 2 amide bonds. The van der Waals surface area contributed by atoms with Gasteiger partial charge in [0.2, 0.25) is 0 Å². The van der Waals surface area contributed by atoms with Crippen molar-refractivity contribution in [1.29, 1.82) is 0 Å². The van der Waals surface area contributed by atoms with Crippen molar-refractivity contribution in [2.45, 2.75) is 51.1 Å². The van der Waals surface area contributed by atoms with Crippen molar-refractivity contribution in [3.63, 3.8) is 0 Å². The molecule has 4 nitrogen and oxygen atoms in total. The molecular weight excluding hydrogens is 178 g/mol. The van der Waals surface area contributed by atoms with Gasteiger partial charge in [0.1, 0.15) is 0 Å². The molecule has 0 aliphatic heterocycles. The summed E-state index contributed by atoms with van der Waals surface area (Å²) in [6.07, 6.45) is 3.21. The SMILES string of the molecule is CC(C)(C)NC(=O)NCC1(N)CCC1. The van der Waals surface area contributed by atoms with Crippen LogP contribution in [0.4, 0.5) is 4.79 Å². The lowest BCUT2D eigenvalue weighted by molar-refractivity contribution is 0.211. The Bertz CT molecular complexity index is 216. The minimum absolute atomic E-state index is 0.130. The lowest BCUT2D eigenvalue weighted by Crippen LogP contribution is -2.57. The largest absolute Gasteiger partial charge is 0.336 e. The van der Waals surface area contributed by atoms with Crippen LogP contribution in [0.15, 0.2) is 0 Å². The standard InChI is InChI=1S/C10H21N3O/c1-9(2,3)13-8(14)12-7-10(11)5-4-6-10/h4-7,11H2,1-3H3,(H2,12,13,14). The van der Waals surface area contributed by atoms with Crippen LogP contribution in [0.5, 0.6) is 0 Å². The number of urea groups is 1. The van der Waals surface area contributed by atoms with Crippen molar-refractivity contribution >= 4 is 6.03 Å². The van der Waals surface area contributed by atoms with Gasteiger partial charge in [0, 0.05) is 17.6 Å². The average Bonchev–Trinajstić information content (AvgIpc) is 1.94. The first kappa shape index (κ1) is 11.3. The molecule has 4 N–H and O–H groups in total. The van der Waals surface area contributed by atoms with E-state index in [1.807, 2.05) is 20.8 Å². The van der Waals surface area contributed by atoms with E-state index in [0.29, 0.717) is 6.54 Å². The molecule has 0 heterocycles. The summed E-state index contributed by atoms with van der Waals surface area (Å²) in [7, 11) is 0. The Morgan fingerprint density at radius 2 is 2.00 bits per heavy atom. The number of nitrogens with one attached hydrogen (secondary N) is 2. The summed E-state index contributed by atoms with van der Waals surface area (Å²) >= 11 is 0. The highest BCUT2D eigenvalue weighted by Crippen LogP contribution is 2.27. The first-order valence-corrected chi connectivity index (χ1v) is 5.16. The van der Waals surface area contributed by atoms with E-state index in [2.05, 4.69) is 10.6 Å². The molecule has 0 radical (unpaired) electrons. The molecule has 1 saturated carbocycles. The van der Waals surface area contributed by atoms with Gasteiger partial charge in [-0.15, -0.1) is 0 Å². The summed E-state index contributed by atoms with van der Waals surface area (Å²) in [5, 5.41) is 5.64. The fourth-order valence-electron chi connectivity index (χ4n) is 1.45. The average molecular weight is 199 g/mol. The van der Waals surface area contributed by atoms with Crippen LogP contribution in [0.25, 0.3) is 0 Å². The lowest BCUT2D eigenvalue weighted by Gasteiger charge is -2.38. The van der Waals surface area contributed by atoms with Gasteiger partial charge in [0.05, 0.1) is 0 Å². The van der Waals surface area contributed by atoms with Crippen molar-refractivity contribution < 1.29 is 4.79 Å². The highest BCUT2D eigenvalue weighted by atomic mass is 16.2. The topological polar surface area (TPSA) is 67.2 Å². The molecule has 4 heteroatoms. The van der Waals surface area contributed by atoms with E-state index >= 15 is 0 Å². The smallest absolute Gasteiger partial charge is 0.315 e. The minimum atomic E-state index is -0.189. The number of carbonyl (C=O) groups is 1. The lowest BCUT2D eigenvalue weighted by atomic mass is 9.78. The van der Waals surface area contributed by atoms with E-state index in [-0.39, 0.29) is 17.1 Å². The van der Waals surface area contributed by atoms with Crippen LogP contribution in [0.2, 0.25) is 0 Å². The second kappa shape index (κ2) is 3.77. The highest BCUT2D eigenvalue weighted by Gasteiger charge is 2.32. The van der Waals surface area contributed by atoms with Crippen LogP contribution in [-0.2, 0) is 0 Å². The second-order valence-corrected chi connectivity index (χ2v) is 5.27. The molecule has 1 fully saturated rings. The molecular formula is C10H21N3O. The number of carbonyl (C=O) groups excluding carboxylic acids is 1. The Morgan fingerprint density at radius 3 is 2.36 bits per heavy atom. The quantitative estimate of drug-likeness (QED) is 0.620. The number of hydrogen-bond acceptors (Lipinski definition) is 2. The van der Waals surface area contributed by atoms with Crippen LogP contribution < -0.4 is 16.4 Å². The molecule has 0 unspecified atom stereocenters. The van der Waals surface area contributed by atoms with Crippen molar-refractivity contribution in [3.05, 3.63) is 0 Å². The molecule has 0 aromatic heterocycles. The maximum atomic E-state index is 11.4. The molecule has 14 heavy (non-hydrogen) atoms. The van der Waals surface area contributed by atoms with Gasteiger partial charge in [-0.1, -0.05) is 0 Å². The van der Waals surface area contributed by atoms with Gasteiger partial charge in [-0.2, -0.15) is 0 Å². The van der Waals surface area contributed by atoms with Crippen LogP contribution in [0.1, 0.15) is 40.0 Å². The first-order chi connectivity index (χ1) is 6.31. The van der Waals surface area contributed by atoms with Gasteiger partial charge < -0.3 is 16.4 Å². The summed E-state index contributed by atoms with van der Waals surface area (Å²) in [4.78, 5) is 11.4. The molecule has 1 aliphatic carbocycles. The van der Waals surface area contributed by atoms with Crippen LogP contribution in [-0.4, -0.2) is 23.7 Å². The van der Waals surface area contributed by atoms with Gasteiger partial charge in [-0.3, -0.25) is 0 Å². The fourth-order valence-corrected chi connectivity index (χ4v) is 1.45. The van der Waals surface area contributed by atoms with Crippen LogP contribution in [0, 0.1) is 0 Å². The van der Waals surface area contributed by atoms with E-state index in [1.165, 1.54) is 6.42 Å². The van der Waals surface area contributed by atoms with Gasteiger partial charge in [-0.05, 0) is 40.0 Å². The molecule has 82 valence electrons. The van der Waals surface area contributed by atoms with Crippen LogP contribution >= 0.6 is 0 Å². The Morgan fingerprint density at radius 1 is 1.43 bits per heavy atom. The van der Waals surface area contributed by atoms with Gasteiger partial charge in [0.15, 0.2) is 0 Å². The third-order valence-electron chi connectivity index (χ3n) is 2.44. The fraction of sp³-hybridized carbons (Fsp3) is 0.900.